The average molecular weight is 407 g/mol. The Bertz CT molecular complexity index is 944. The predicted octanol–water partition coefficient (Wildman–Crippen LogP) is 2.70. The van der Waals surface area contributed by atoms with Crippen LogP contribution in [0.3, 0.4) is 0 Å². The van der Waals surface area contributed by atoms with Crippen molar-refractivity contribution in [2.45, 2.75) is 25.4 Å². The van der Waals surface area contributed by atoms with E-state index in [1.165, 1.54) is 5.01 Å². The fourth-order valence-electron chi connectivity index (χ4n) is 3.56. The second-order valence-corrected chi connectivity index (χ2v) is 7.45. The summed E-state index contributed by atoms with van der Waals surface area (Å²) >= 11 is 0. The Labute approximate surface area is 175 Å². The fraction of sp³-hybridized carbons (Fsp3) is 0.348. The van der Waals surface area contributed by atoms with Crippen LogP contribution in [0.1, 0.15) is 24.8 Å². The van der Waals surface area contributed by atoms with Crippen LogP contribution in [-0.4, -0.2) is 60.3 Å². The largest absolute Gasteiger partial charge is 0.486 e. The SMILES string of the molecule is CN(C[C@@H]1COc2ccccc2O1)C(=O)CCC(=O)N1CCC(c2ccccc2)=N1. The van der Waals surface area contributed by atoms with Crippen LogP contribution in [0.2, 0.25) is 0 Å². The Morgan fingerprint density at radius 2 is 1.80 bits per heavy atom. The number of hydrogen-bond acceptors (Lipinski definition) is 5. The van der Waals surface area contributed by atoms with Crippen molar-refractivity contribution in [3.63, 3.8) is 0 Å². The molecule has 2 aliphatic heterocycles. The van der Waals surface area contributed by atoms with Crippen molar-refractivity contribution in [3.8, 4) is 11.5 Å². The molecule has 0 aliphatic carbocycles. The van der Waals surface area contributed by atoms with Crippen LogP contribution in [0.25, 0.3) is 0 Å². The summed E-state index contributed by atoms with van der Waals surface area (Å²) in [5, 5.41) is 5.91. The van der Waals surface area contributed by atoms with E-state index in [0.717, 1.165) is 23.4 Å². The molecule has 7 heteroatoms. The van der Waals surface area contributed by atoms with Gasteiger partial charge in [-0.1, -0.05) is 42.5 Å². The molecule has 2 heterocycles. The molecular weight excluding hydrogens is 382 g/mol. The normalized spacial score (nSPS) is 17.4. The van der Waals surface area contributed by atoms with Gasteiger partial charge in [0.25, 0.3) is 0 Å². The summed E-state index contributed by atoms with van der Waals surface area (Å²) in [6.07, 6.45) is 0.775. The summed E-state index contributed by atoms with van der Waals surface area (Å²) in [6.45, 7) is 1.35. The third kappa shape index (κ3) is 4.62. The Morgan fingerprint density at radius 3 is 2.60 bits per heavy atom. The molecule has 0 fully saturated rings. The van der Waals surface area contributed by atoms with E-state index in [1.807, 2.05) is 54.6 Å². The van der Waals surface area contributed by atoms with Gasteiger partial charge in [0, 0.05) is 26.3 Å². The van der Waals surface area contributed by atoms with Crippen LogP contribution in [-0.2, 0) is 9.59 Å². The van der Waals surface area contributed by atoms with Gasteiger partial charge in [0.15, 0.2) is 17.6 Å². The lowest BCUT2D eigenvalue weighted by atomic mass is 10.1. The third-order valence-electron chi connectivity index (χ3n) is 5.22. The first-order chi connectivity index (χ1) is 14.6. The number of fused-ring (bicyclic) bond motifs is 1. The average Bonchev–Trinajstić information content (AvgIpc) is 3.28. The number of hydrazone groups is 1. The minimum atomic E-state index is -0.235. The number of para-hydroxylation sites is 2. The summed E-state index contributed by atoms with van der Waals surface area (Å²) in [5.41, 5.74) is 1.93. The van der Waals surface area contributed by atoms with Crippen LogP contribution < -0.4 is 9.47 Å². The fourth-order valence-corrected chi connectivity index (χ4v) is 3.56. The van der Waals surface area contributed by atoms with E-state index < -0.39 is 0 Å². The molecule has 2 aromatic carbocycles. The molecule has 30 heavy (non-hydrogen) atoms. The van der Waals surface area contributed by atoms with Gasteiger partial charge >= 0.3 is 0 Å². The van der Waals surface area contributed by atoms with Crippen molar-refractivity contribution in [2.24, 2.45) is 5.10 Å². The van der Waals surface area contributed by atoms with Gasteiger partial charge < -0.3 is 14.4 Å². The highest BCUT2D eigenvalue weighted by molar-refractivity contribution is 6.02. The lowest BCUT2D eigenvalue weighted by Crippen LogP contribution is -2.42. The van der Waals surface area contributed by atoms with Gasteiger partial charge in [0.1, 0.15) is 6.61 Å². The summed E-state index contributed by atoms with van der Waals surface area (Å²) < 4.78 is 11.6. The quantitative estimate of drug-likeness (QED) is 0.738. The lowest BCUT2D eigenvalue weighted by Gasteiger charge is -2.29. The molecule has 4 rings (SSSR count). The second kappa shape index (κ2) is 8.98. The zero-order valence-corrected chi connectivity index (χ0v) is 17.0. The highest BCUT2D eigenvalue weighted by atomic mass is 16.6. The van der Waals surface area contributed by atoms with Crippen LogP contribution in [0, 0.1) is 0 Å². The van der Waals surface area contributed by atoms with E-state index in [9.17, 15) is 9.59 Å². The van der Waals surface area contributed by atoms with Gasteiger partial charge in [0.2, 0.25) is 11.8 Å². The third-order valence-corrected chi connectivity index (χ3v) is 5.22. The molecular formula is C23H25N3O4. The van der Waals surface area contributed by atoms with Crippen molar-refractivity contribution in [3.05, 3.63) is 60.2 Å². The summed E-state index contributed by atoms with van der Waals surface area (Å²) in [7, 11) is 1.72. The molecule has 0 aromatic heterocycles. The highest BCUT2D eigenvalue weighted by Gasteiger charge is 2.25. The van der Waals surface area contributed by atoms with Crippen LogP contribution >= 0.6 is 0 Å². The van der Waals surface area contributed by atoms with E-state index in [4.69, 9.17) is 9.47 Å². The number of carbonyl (C=O) groups excluding carboxylic acids is 2. The smallest absolute Gasteiger partial charge is 0.243 e. The molecule has 0 spiro atoms. The van der Waals surface area contributed by atoms with Crippen LogP contribution in [0.4, 0.5) is 0 Å². The first-order valence-corrected chi connectivity index (χ1v) is 10.2. The van der Waals surface area contributed by atoms with Crippen molar-refractivity contribution < 1.29 is 19.1 Å². The molecule has 0 radical (unpaired) electrons. The van der Waals surface area contributed by atoms with Crippen LogP contribution in [0.15, 0.2) is 59.7 Å². The molecule has 0 unspecified atom stereocenters. The minimum absolute atomic E-state index is 0.0998. The van der Waals surface area contributed by atoms with E-state index in [0.29, 0.717) is 25.4 Å². The Balaban J connectivity index is 1.24. The second-order valence-electron chi connectivity index (χ2n) is 7.45. The molecule has 0 saturated heterocycles. The number of likely N-dealkylation sites (N-methyl/N-ethyl adjacent to an activating group) is 1. The molecule has 1 atom stereocenters. The number of rotatable bonds is 6. The van der Waals surface area contributed by atoms with Gasteiger partial charge in [-0.05, 0) is 17.7 Å². The number of benzene rings is 2. The number of amides is 2. The topological polar surface area (TPSA) is 71.4 Å². The molecule has 0 bridgehead atoms. The summed E-state index contributed by atoms with van der Waals surface area (Å²) in [6, 6.07) is 17.3. The molecule has 2 amide bonds. The van der Waals surface area contributed by atoms with Gasteiger partial charge in [-0.2, -0.15) is 5.10 Å². The zero-order chi connectivity index (χ0) is 20.9. The van der Waals surface area contributed by atoms with Crippen molar-refractivity contribution >= 4 is 17.5 Å². The van der Waals surface area contributed by atoms with Gasteiger partial charge in [0.05, 0.1) is 18.8 Å². The summed E-state index contributed by atoms with van der Waals surface area (Å²) in [5.74, 6) is 1.17. The molecule has 0 saturated carbocycles. The number of carbonyl (C=O) groups is 2. The van der Waals surface area contributed by atoms with E-state index in [2.05, 4.69) is 5.10 Å². The number of ether oxygens (including phenoxy) is 2. The number of nitrogens with zero attached hydrogens (tertiary/aromatic N) is 3. The molecule has 2 aromatic rings. The molecule has 156 valence electrons. The Morgan fingerprint density at radius 1 is 1.07 bits per heavy atom. The predicted molar refractivity (Wildman–Crippen MR) is 113 cm³/mol. The van der Waals surface area contributed by atoms with E-state index in [1.54, 1.807) is 11.9 Å². The molecule has 2 aliphatic rings. The first-order valence-electron chi connectivity index (χ1n) is 10.2. The maximum Gasteiger partial charge on any atom is 0.243 e. The monoisotopic (exact) mass is 407 g/mol. The first kappa shape index (κ1) is 19.9. The zero-order valence-electron chi connectivity index (χ0n) is 17.0. The maximum atomic E-state index is 12.5. The van der Waals surface area contributed by atoms with Crippen molar-refractivity contribution in [2.75, 3.05) is 26.7 Å². The van der Waals surface area contributed by atoms with Gasteiger partial charge in [-0.3, -0.25) is 9.59 Å². The highest BCUT2D eigenvalue weighted by Crippen LogP contribution is 2.31. The van der Waals surface area contributed by atoms with E-state index in [-0.39, 0.29) is 30.8 Å². The maximum absolute atomic E-state index is 12.5. The van der Waals surface area contributed by atoms with Gasteiger partial charge in [-0.15, -0.1) is 0 Å². The number of hydrogen-bond donors (Lipinski definition) is 0. The Kier molecular flexibility index (Phi) is 5.97. The van der Waals surface area contributed by atoms with E-state index >= 15 is 0 Å². The van der Waals surface area contributed by atoms with Crippen molar-refractivity contribution in [1.82, 2.24) is 9.91 Å². The standard InChI is InChI=1S/C23H25N3O4/c1-25(15-18-16-29-20-9-5-6-10-21(20)30-18)22(27)11-12-23(28)26-14-13-19(24-26)17-7-3-2-4-8-17/h2-10,18H,11-16H2,1H3/t18-/m1/s1. The van der Waals surface area contributed by atoms with Gasteiger partial charge in [-0.25, -0.2) is 5.01 Å². The molecule has 7 nitrogen and oxygen atoms in total. The Hall–Kier alpha value is -3.35. The lowest BCUT2D eigenvalue weighted by molar-refractivity contribution is -0.136. The van der Waals surface area contributed by atoms with Crippen LogP contribution in [0.5, 0.6) is 11.5 Å². The van der Waals surface area contributed by atoms with Crippen molar-refractivity contribution in [1.29, 1.82) is 0 Å². The summed E-state index contributed by atoms with van der Waals surface area (Å²) in [4.78, 5) is 26.6. The molecule has 0 N–H and O–H groups in total. The minimum Gasteiger partial charge on any atom is -0.486 e.